The molecule has 1 N–H and O–H groups in total. The molecule has 0 spiro atoms. The van der Waals surface area contributed by atoms with Gasteiger partial charge in [-0.05, 0) is 56.2 Å². The molecule has 0 radical (unpaired) electrons. The first-order valence-corrected chi connectivity index (χ1v) is 8.32. The third-order valence-corrected chi connectivity index (χ3v) is 4.54. The fourth-order valence-corrected chi connectivity index (χ4v) is 3.28. The van der Waals surface area contributed by atoms with Crippen molar-refractivity contribution >= 4 is 22.8 Å². The molecule has 4 rings (SSSR count). The van der Waals surface area contributed by atoms with Gasteiger partial charge in [-0.3, -0.25) is 4.79 Å². The van der Waals surface area contributed by atoms with Crippen molar-refractivity contribution in [2.24, 2.45) is 0 Å². The highest BCUT2D eigenvalue weighted by molar-refractivity contribution is 6.07. The number of carbonyl (C=O) groups is 1. The number of nitrogens with one attached hydrogen (secondary N) is 1. The lowest BCUT2D eigenvalue weighted by Gasteiger charge is -2.17. The molecule has 122 valence electrons. The summed E-state index contributed by atoms with van der Waals surface area (Å²) in [5.74, 6) is 0.626. The summed E-state index contributed by atoms with van der Waals surface area (Å²) < 4.78 is 1.92. The molecule has 1 amide bonds. The monoisotopic (exact) mass is 320 g/mol. The number of aryl methyl sites for hydroxylation is 1. The summed E-state index contributed by atoms with van der Waals surface area (Å²) in [6.45, 7) is 4.13. The van der Waals surface area contributed by atoms with E-state index in [0.29, 0.717) is 5.69 Å². The maximum Gasteiger partial charge on any atom is 0.276 e. The number of hydrogen-bond acceptors (Lipinski definition) is 3. The molecule has 1 aromatic carbocycles. The lowest BCUT2D eigenvalue weighted by molar-refractivity contribution is 0.102. The number of nitrogens with zero attached hydrogens (tertiary/aromatic N) is 3. The second kappa shape index (κ2) is 6.00. The van der Waals surface area contributed by atoms with Gasteiger partial charge in [0.05, 0.1) is 5.52 Å². The van der Waals surface area contributed by atoms with Gasteiger partial charge in [0.15, 0.2) is 5.69 Å². The molecule has 5 nitrogen and oxygen atoms in total. The van der Waals surface area contributed by atoms with Crippen LogP contribution in [-0.4, -0.2) is 28.4 Å². The minimum atomic E-state index is -0.180. The number of anilines is 2. The van der Waals surface area contributed by atoms with Crippen LogP contribution >= 0.6 is 0 Å². The average molecular weight is 320 g/mol. The number of amides is 1. The highest BCUT2D eigenvalue weighted by Crippen LogP contribution is 2.22. The Hall–Kier alpha value is -2.82. The van der Waals surface area contributed by atoms with Gasteiger partial charge in [0.2, 0.25) is 0 Å². The van der Waals surface area contributed by atoms with Gasteiger partial charge in [0.1, 0.15) is 5.82 Å². The summed E-state index contributed by atoms with van der Waals surface area (Å²) in [4.78, 5) is 19.4. The predicted octanol–water partition coefficient (Wildman–Crippen LogP) is 3.50. The van der Waals surface area contributed by atoms with Crippen molar-refractivity contribution < 1.29 is 4.79 Å². The van der Waals surface area contributed by atoms with Crippen molar-refractivity contribution in [3.05, 3.63) is 60.2 Å². The van der Waals surface area contributed by atoms with Crippen LogP contribution in [0.5, 0.6) is 0 Å². The largest absolute Gasteiger partial charge is 0.372 e. The fraction of sp³-hybridized carbons (Fsp3) is 0.263. The molecule has 1 saturated heterocycles. The molecule has 1 fully saturated rings. The Morgan fingerprint density at radius 1 is 1.08 bits per heavy atom. The van der Waals surface area contributed by atoms with Gasteiger partial charge >= 0.3 is 0 Å². The van der Waals surface area contributed by atoms with Gasteiger partial charge in [0, 0.05) is 30.7 Å². The molecule has 0 bridgehead atoms. The summed E-state index contributed by atoms with van der Waals surface area (Å²) in [6, 6.07) is 13.8. The van der Waals surface area contributed by atoms with Crippen LogP contribution in [0, 0.1) is 6.92 Å². The quantitative estimate of drug-likeness (QED) is 0.803. The van der Waals surface area contributed by atoms with Crippen LogP contribution in [0.2, 0.25) is 0 Å². The molecule has 3 heterocycles. The molecule has 24 heavy (non-hydrogen) atoms. The summed E-state index contributed by atoms with van der Waals surface area (Å²) in [5.41, 5.74) is 3.28. The maximum atomic E-state index is 12.6. The smallest absolute Gasteiger partial charge is 0.276 e. The van der Waals surface area contributed by atoms with Gasteiger partial charge in [-0.1, -0.05) is 6.07 Å². The number of hydrogen-bond donors (Lipinski definition) is 1. The maximum absolute atomic E-state index is 12.6. The van der Waals surface area contributed by atoms with Crippen molar-refractivity contribution in [1.82, 2.24) is 9.38 Å². The summed E-state index contributed by atoms with van der Waals surface area (Å²) in [7, 11) is 0. The van der Waals surface area contributed by atoms with Gasteiger partial charge in [0.25, 0.3) is 5.91 Å². The number of aromatic nitrogens is 2. The highest BCUT2D eigenvalue weighted by atomic mass is 16.1. The molecule has 1 aliphatic rings. The third-order valence-electron chi connectivity index (χ3n) is 4.54. The van der Waals surface area contributed by atoms with Gasteiger partial charge < -0.3 is 14.6 Å². The lowest BCUT2D eigenvalue weighted by Crippen LogP contribution is -2.17. The van der Waals surface area contributed by atoms with E-state index in [1.54, 1.807) is 0 Å². The third kappa shape index (κ3) is 2.62. The van der Waals surface area contributed by atoms with Crippen LogP contribution in [0.3, 0.4) is 0 Å². The molecule has 5 heteroatoms. The van der Waals surface area contributed by atoms with Crippen molar-refractivity contribution in [2.45, 2.75) is 19.8 Å². The molecular weight excluding hydrogens is 300 g/mol. The SMILES string of the molecule is Cc1nc(C(=O)Nc2ccc(N3CCCC3)cc2)c2ccccn12. The van der Waals surface area contributed by atoms with E-state index >= 15 is 0 Å². The Bertz CT molecular complexity index is 876. The molecular formula is C19H20N4O. The number of imidazole rings is 1. The molecule has 2 aromatic heterocycles. The van der Waals surface area contributed by atoms with E-state index in [4.69, 9.17) is 0 Å². The second-order valence-electron chi connectivity index (χ2n) is 6.16. The normalized spacial score (nSPS) is 14.3. The average Bonchev–Trinajstić information content (AvgIpc) is 3.25. The van der Waals surface area contributed by atoms with E-state index in [0.717, 1.165) is 30.1 Å². The summed E-state index contributed by atoms with van der Waals surface area (Å²) in [5, 5.41) is 2.95. The van der Waals surface area contributed by atoms with Crippen LogP contribution in [0.4, 0.5) is 11.4 Å². The minimum absolute atomic E-state index is 0.180. The Morgan fingerprint density at radius 3 is 2.58 bits per heavy atom. The molecule has 0 unspecified atom stereocenters. The summed E-state index contributed by atoms with van der Waals surface area (Å²) in [6.07, 6.45) is 4.43. The number of carbonyl (C=O) groups excluding carboxylic acids is 1. The first-order valence-electron chi connectivity index (χ1n) is 8.32. The minimum Gasteiger partial charge on any atom is -0.372 e. The lowest BCUT2D eigenvalue weighted by atomic mass is 10.2. The highest BCUT2D eigenvalue weighted by Gasteiger charge is 2.16. The Morgan fingerprint density at radius 2 is 1.83 bits per heavy atom. The van der Waals surface area contributed by atoms with Crippen molar-refractivity contribution in [1.29, 1.82) is 0 Å². The van der Waals surface area contributed by atoms with E-state index in [1.807, 2.05) is 47.9 Å². The zero-order valence-corrected chi connectivity index (χ0v) is 13.7. The first kappa shape index (κ1) is 14.8. The first-order chi connectivity index (χ1) is 11.7. The molecule has 0 aliphatic carbocycles. The number of pyridine rings is 1. The molecule has 0 atom stereocenters. The van der Waals surface area contributed by atoms with Crippen LogP contribution in [0.15, 0.2) is 48.7 Å². The van der Waals surface area contributed by atoms with Crippen molar-refractivity contribution in [3.8, 4) is 0 Å². The van der Waals surface area contributed by atoms with E-state index in [9.17, 15) is 4.79 Å². The Kier molecular flexibility index (Phi) is 3.69. The van der Waals surface area contributed by atoms with E-state index < -0.39 is 0 Å². The van der Waals surface area contributed by atoms with Gasteiger partial charge in [-0.25, -0.2) is 4.98 Å². The van der Waals surface area contributed by atoms with Crippen LogP contribution in [0.25, 0.3) is 5.52 Å². The topological polar surface area (TPSA) is 49.6 Å². The van der Waals surface area contributed by atoms with E-state index in [1.165, 1.54) is 18.5 Å². The van der Waals surface area contributed by atoms with Gasteiger partial charge in [-0.15, -0.1) is 0 Å². The standard InChI is InChI=1S/C19H20N4O/c1-14-20-18(17-6-2-3-13-23(14)17)19(24)21-15-7-9-16(10-8-15)22-11-4-5-12-22/h2-3,6-10,13H,4-5,11-12H2,1H3,(H,21,24). The second-order valence-corrected chi connectivity index (χ2v) is 6.16. The zero-order valence-electron chi connectivity index (χ0n) is 13.7. The molecule has 1 aliphatic heterocycles. The predicted molar refractivity (Wildman–Crippen MR) is 95.8 cm³/mol. The number of benzene rings is 1. The van der Waals surface area contributed by atoms with Crippen LogP contribution < -0.4 is 10.2 Å². The molecule has 0 saturated carbocycles. The van der Waals surface area contributed by atoms with Crippen LogP contribution in [0.1, 0.15) is 29.2 Å². The zero-order chi connectivity index (χ0) is 16.5. The van der Waals surface area contributed by atoms with Crippen molar-refractivity contribution in [3.63, 3.8) is 0 Å². The van der Waals surface area contributed by atoms with E-state index in [2.05, 4.69) is 27.3 Å². The Balaban J connectivity index is 1.55. The summed E-state index contributed by atoms with van der Waals surface area (Å²) >= 11 is 0. The number of fused-ring (bicyclic) bond motifs is 1. The fourth-order valence-electron chi connectivity index (χ4n) is 3.28. The van der Waals surface area contributed by atoms with E-state index in [-0.39, 0.29) is 5.91 Å². The Labute approximate surface area is 140 Å². The number of rotatable bonds is 3. The van der Waals surface area contributed by atoms with Crippen molar-refractivity contribution in [2.75, 3.05) is 23.3 Å². The van der Waals surface area contributed by atoms with Crippen LogP contribution in [-0.2, 0) is 0 Å². The van der Waals surface area contributed by atoms with Gasteiger partial charge in [-0.2, -0.15) is 0 Å². The molecule has 3 aromatic rings.